The maximum atomic E-state index is 12.8. The minimum Gasteiger partial charge on any atom is -0.282 e. The molecule has 1 saturated heterocycles. The first kappa shape index (κ1) is 17.6. The second kappa shape index (κ2) is 7.42. The number of aryl methyl sites for hydroxylation is 1. The van der Waals surface area contributed by atoms with Crippen molar-refractivity contribution in [3.8, 4) is 0 Å². The number of carbonyl (C=O) groups excluding carboxylic acids is 1. The molecule has 1 amide bonds. The lowest BCUT2D eigenvalue weighted by atomic mass is 10.1. The van der Waals surface area contributed by atoms with E-state index in [2.05, 4.69) is 26.8 Å². The summed E-state index contributed by atoms with van der Waals surface area (Å²) in [6.45, 7) is 6.00. The maximum Gasteiger partial charge on any atom is 0.267 e. The molecule has 1 aromatic carbocycles. The van der Waals surface area contributed by atoms with Crippen LogP contribution in [0.5, 0.6) is 0 Å². The fourth-order valence-corrected chi connectivity index (χ4v) is 4.24. The number of rotatable bonds is 4. The summed E-state index contributed by atoms with van der Waals surface area (Å²) in [6, 6.07) is 9.83. The van der Waals surface area contributed by atoms with E-state index in [0.29, 0.717) is 21.7 Å². The molecule has 3 aromatic rings. The van der Waals surface area contributed by atoms with Gasteiger partial charge in [0, 0.05) is 18.1 Å². The number of aromatic nitrogens is 3. The number of hydrogen-bond donors (Lipinski definition) is 0. The van der Waals surface area contributed by atoms with Crippen LogP contribution in [0.15, 0.2) is 59.1 Å². The molecule has 134 valence electrons. The zero-order valence-electron chi connectivity index (χ0n) is 14.5. The van der Waals surface area contributed by atoms with Gasteiger partial charge in [0.2, 0.25) is 5.13 Å². The quantitative estimate of drug-likeness (QED) is 0.491. The highest BCUT2D eigenvalue weighted by Gasteiger charge is 2.32. The fourth-order valence-electron chi connectivity index (χ4n) is 2.63. The third-order valence-corrected chi connectivity index (χ3v) is 5.57. The summed E-state index contributed by atoms with van der Waals surface area (Å²) in [5.41, 5.74) is 1.87. The Bertz CT molecular complexity index is 1100. The van der Waals surface area contributed by atoms with Crippen molar-refractivity contribution in [2.45, 2.75) is 6.92 Å². The molecule has 0 radical (unpaired) electrons. The van der Waals surface area contributed by atoms with Crippen molar-refractivity contribution in [3.63, 3.8) is 0 Å². The molecule has 0 N–H and O–H groups in total. The van der Waals surface area contributed by atoms with Gasteiger partial charge < -0.3 is 0 Å². The summed E-state index contributed by atoms with van der Waals surface area (Å²) in [6.07, 6.45) is 5.33. The van der Waals surface area contributed by atoms with E-state index in [1.165, 1.54) is 23.1 Å². The molecular weight excluding hydrogens is 378 g/mol. The Kier molecular flexibility index (Phi) is 4.83. The molecular formula is C19H15N5OS2. The van der Waals surface area contributed by atoms with E-state index in [0.717, 1.165) is 21.5 Å². The molecule has 0 aliphatic carbocycles. The SMILES string of the molecule is C=CCN1C(=O)/C(=C/c2ccc3ncccc3c2)S/C1=N\c1nnc(C)s1. The first-order chi connectivity index (χ1) is 13.1. The van der Waals surface area contributed by atoms with Gasteiger partial charge >= 0.3 is 0 Å². The number of carbonyl (C=O) groups is 1. The van der Waals surface area contributed by atoms with Crippen LogP contribution in [0.1, 0.15) is 10.6 Å². The Hall–Kier alpha value is -2.84. The van der Waals surface area contributed by atoms with Crippen LogP contribution < -0.4 is 0 Å². The molecule has 0 bridgehead atoms. The molecule has 3 heterocycles. The summed E-state index contributed by atoms with van der Waals surface area (Å²) >= 11 is 2.72. The molecule has 0 atom stereocenters. The van der Waals surface area contributed by atoms with Gasteiger partial charge in [-0.3, -0.25) is 14.7 Å². The largest absolute Gasteiger partial charge is 0.282 e. The predicted molar refractivity (Wildman–Crippen MR) is 111 cm³/mol. The first-order valence-electron chi connectivity index (χ1n) is 8.20. The molecule has 1 aliphatic heterocycles. The minimum absolute atomic E-state index is 0.0915. The molecule has 1 fully saturated rings. The number of pyridine rings is 1. The van der Waals surface area contributed by atoms with E-state index in [4.69, 9.17) is 0 Å². The van der Waals surface area contributed by atoms with Crippen LogP contribution in [0, 0.1) is 6.92 Å². The molecule has 27 heavy (non-hydrogen) atoms. The van der Waals surface area contributed by atoms with Crippen molar-refractivity contribution < 1.29 is 4.79 Å². The maximum absolute atomic E-state index is 12.8. The Balaban J connectivity index is 1.69. The normalized spacial score (nSPS) is 17.4. The van der Waals surface area contributed by atoms with Gasteiger partial charge in [-0.2, -0.15) is 4.99 Å². The monoisotopic (exact) mass is 393 g/mol. The molecule has 4 rings (SSSR count). The van der Waals surface area contributed by atoms with Gasteiger partial charge in [-0.15, -0.1) is 16.8 Å². The van der Waals surface area contributed by atoms with Gasteiger partial charge in [0.25, 0.3) is 5.91 Å². The second-order valence-electron chi connectivity index (χ2n) is 5.77. The number of fused-ring (bicyclic) bond motifs is 1. The van der Waals surface area contributed by atoms with Gasteiger partial charge in [0.15, 0.2) is 5.17 Å². The number of hydrogen-bond acceptors (Lipinski definition) is 7. The fraction of sp³-hybridized carbons (Fsp3) is 0.105. The zero-order chi connectivity index (χ0) is 18.8. The van der Waals surface area contributed by atoms with Crippen molar-refractivity contribution in [1.82, 2.24) is 20.1 Å². The van der Waals surface area contributed by atoms with E-state index < -0.39 is 0 Å². The van der Waals surface area contributed by atoms with Crippen molar-refractivity contribution in [2.24, 2.45) is 4.99 Å². The molecule has 6 nitrogen and oxygen atoms in total. The third kappa shape index (κ3) is 3.67. The predicted octanol–water partition coefficient (Wildman–Crippen LogP) is 4.18. The lowest BCUT2D eigenvalue weighted by Gasteiger charge is -2.11. The van der Waals surface area contributed by atoms with Crippen LogP contribution >= 0.6 is 23.1 Å². The highest BCUT2D eigenvalue weighted by atomic mass is 32.2. The minimum atomic E-state index is -0.0915. The number of thioether (sulfide) groups is 1. The topological polar surface area (TPSA) is 71.3 Å². The van der Waals surface area contributed by atoms with E-state index in [1.807, 2.05) is 43.3 Å². The van der Waals surface area contributed by atoms with Crippen LogP contribution in [0.3, 0.4) is 0 Å². The van der Waals surface area contributed by atoms with Crippen LogP contribution in [-0.4, -0.2) is 37.7 Å². The Morgan fingerprint density at radius 1 is 1.30 bits per heavy atom. The summed E-state index contributed by atoms with van der Waals surface area (Å²) in [5.74, 6) is -0.0915. The van der Waals surface area contributed by atoms with Gasteiger partial charge in [0.05, 0.1) is 10.4 Å². The van der Waals surface area contributed by atoms with Crippen molar-refractivity contribution in [2.75, 3.05) is 6.54 Å². The molecule has 0 unspecified atom stereocenters. The second-order valence-corrected chi connectivity index (χ2v) is 7.94. The summed E-state index contributed by atoms with van der Waals surface area (Å²) < 4.78 is 0. The van der Waals surface area contributed by atoms with Crippen LogP contribution in [-0.2, 0) is 4.79 Å². The highest BCUT2D eigenvalue weighted by molar-refractivity contribution is 8.18. The molecule has 0 saturated carbocycles. The standard InChI is InChI=1S/C19H15N5OS2/c1-3-9-24-17(25)16(27-19(24)21-18-23-22-12(2)26-18)11-13-6-7-15-14(10-13)5-4-8-20-15/h3-8,10-11H,1,9H2,2H3/b16-11-,21-19-. The summed E-state index contributed by atoms with van der Waals surface area (Å²) in [7, 11) is 0. The highest BCUT2D eigenvalue weighted by Crippen LogP contribution is 2.34. The van der Waals surface area contributed by atoms with E-state index in [1.54, 1.807) is 17.2 Å². The lowest BCUT2D eigenvalue weighted by Crippen LogP contribution is -2.29. The van der Waals surface area contributed by atoms with Crippen molar-refractivity contribution in [3.05, 3.63) is 64.7 Å². The Labute approximate surface area is 164 Å². The van der Waals surface area contributed by atoms with Crippen LogP contribution in [0.25, 0.3) is 17.0 Å². The van der Waals surface area contributed by atoms with Gasteiger partial charge in [-0.25, -0.2) is 0 Å². The van der Waals surface area contributed by atoms with Crippen molar-refractivity contribution in [1.29, 1.82) is 0 Å². The average molecular weight is 393 g/mol. The summed E-state index contributed by atoms with van der Waals surface area (Å²) in [5, 5.41) is 11.0. The van der Waals surface area contributed by atoms with Crippen molar-refractivity contribution >= 4 is 56.3 Å². The summed E-state index contributed by atoms with van der Waals surface area (Å²) in [4.78, 5) is 23.9. The molecule has 1 aliphatic rings. The third-order valence-electron chi connectivity index (χ3n) is 3.83. The molecule has 8 heteroatoms. The van der Waals surface area contributed by atoms with Crippen LogP contribution in [0.2, 0.25) is 0 Å². The zero-order valence-corrected chi connectivity index (χ0v) is 16.1. The lowest BCUT2D eigenvalue weighted by molar-refractivity contribution is -0.121. The average Bonchev–Trinajstić information content (AvgIpc) is 3.20. The van der Waals surface area contributed by atoms with E-state index in [9.17, 15) is 4.79 Å². The molecule has 2 aromatic heterocycles. The number of benzene rings is 1. The number of nitrogens with zero attached hydrogens (tertiary/aromatic N) is 5. The van der Waals surface area contributed by atoms with Gasteiger partial charge in [-0.05, 0) is 48.5 Å². The Morgan fingerprint density at radius 2 is 2.19 bits per heavy atom. The van der Waals surface area contributed by atoms with E-state index in [-0.39, 0.29) is 5.91 Å². The number of aliphatic imine (C=N–C) groups is 1. The van der Waals surface area contributed by atoms with Gasteiger partial charge in [-0.1, -0.05) is 29.5 Å². The van der Waals surface area contributed by atoms with Gasteiger partial charge in [0.1, 0.15) is 5.01 Å². The number of amidine groups is 1. The van der Waals surface area contributed by atoms with Crippen LogP contribution in [0.4, 0.5) is 5.13 Å². The molecule has 0 spiro atoms. The Morgan fingerprint density at radius 3 is 2.96 bits per heavy atom. The van der Waals surface area contributed by atoms with E-state index >= 15 is 0 Å². The smallest absolute Gasteiger partial charge is 0.267 e. The number of amides is 1. The first-order valence-corrected chi connectivity index (χ1v) is 9.83.